The maximum absolute atomic E-state index is 11.7. The van der Waals surface area contributed by atoms with Crippen molar-refractivity contribution in [3.8, 4) is 28.2 Å². The van der Waals surface area contributed by atoms with Crippen molar-refractivity contribution in [2.75, 3.05) is 0 Å². The molecule has 0 aromatic heterocycles. The van der Waals surface area contributed by atoms with E-state index in [1.807, 2.05) is 0 Å². The Labute approximate surface area is 164 Å². The third-order valence-corrected chi connectivity index (χ3v) is 4.10. The highest BCUT2D eigenvalue weighted by Crippen LogP contribution is 2.41. The number of aliphatic carboxylic acids is 1. The van der Waals surface area contributed by atoms with Crippen molar-refractivity contribution in [2.45, 2.75) is 6.92 Å². The standard InChI is InChI=1S/C20H12O5.C2H4O2/c21-11-5-7-15-17(9-11)25-18-10-12(22)6-8-16(18)19(15)13-3-1-2-4-14(13)20(23)24;1-2(3)4/h1-10,21H,(H,23,24);1H3,(H,3,4). The van der Waals surface area contributed by atoms with E-state index in [0.717, 1.165) is 6.92 Å². The fourth-order valence-electron chi connectivity index (χ4n) is 3.04. The van der Waals surface area contributed by atoms with E-state index in [0.29, 0.717) is 33.4 Å². The Hall–Kier alpha value is -4.13. The first kappa shape index (κ1) is 19.6. The predicted molar refractivity (Wildman–Crippen MR) is 106 cm³/mol. The summed E-state index contributed by atoms with van der Waals surface area (Å²) < 4.78 is 5.76. The highest BCUT2D eigenvalue weighted by molar-refractivity contribution is 6.07. The molecule has 0 atom stereocenters. The van der Waals surface area contributed by atoms with Gasteiger partial charge in [0.1, 0.15) is 17.1 Å². The van der Waals surface area contributed by atoms with Crippen LogP contribution in [-0.2, 0) is 4.79 Å². The van der Waals surface area contributed by atoms with E-state index < -0.39 is 11.9 Å². The van der Waals surface area contributed by atoms with Crippen LogP contribution in [0.1, 0.15) is 17.3 Å². The van der Waals surface area contributed by atoms with E-state index in [2.05, 4.69) is 0 Å². The normalized spacial score (nSPS) is 10.4. The third-order valence-electron chi connectivity index (χ3n) is 4.10. The van der Waals surface area contributed by atoms with Gasteiger partial charge in [0, 0.05) is 35.6 Å². The molecule has 2 aromatic carbocycles. The molecule has 0 saturated heterocycles. The number of hydrogen-bond acceptors (Lipinski definition) is 5. The Balaban J connectivity index is 0.000000552. The number of benzene rings is 3. The molecule has 2 aromatic rings. The zero-order chi connectivity index (χ0) is 21.1. The number of phenolic OH excluding ortho intramolecular Hbond substituents is 1. The van der Waals surface area contributed by atoms with Gasteiger partial charge in [0.25, 0.3) is 5.97 Å². The summed E-state index contributed by atoms with van der Waals surface area (Å²) in [5.74, 6) is -1.52. The highest BCUT2D eigenvalue weighted by Gasteiger charge is 2.21. The second kappa shape index (κ2) is 7.85. The molecule has 1 aliphatic heterocycles. The molecule has 0 spiro atoms. The molecule has 0 amide bonds. The molecule has 7 nitrogen and oxygen atoms in total. The van der Waals surface area contributed by atoms with E-state index in [4.69, 9.17) is 14.3 Å². The van der Waals surface area contributed by atoms with Gasteiger partial charge in [-0.2, -0.15) is 0 Å². The van der Waals surface area contributed by atoms with Crippen LogP contribution in [0.3, 0.4) is 0 Å². The lowest BCUT2D eigenvalue weighted by atomic mass is 9.91. The molecule has 4 rings (SSSR count). The number of fused-ring (bicyclic) bond motifs is 2. The summed E-state index contributed by atoms with van der Waals surface area (Å²) in [5, 5.41) is 27.4. The Morgan fingerprint density at radius 2 is 1.59 bits per heavy atom. The van der Waals surface area contributed by atoms with Gasteiger partial charge >= 0.3 is 5.97 Å². The van der Waals surface area contributed by atoms with E-state index in [-0.39, 0.29) is 16.7 Å². The van der Waals surface area contributed by atoms with Gasteiger partial charge in [-0.1, -0.05) is 18.2 Å². The first-order valence-corrected chi connectivity index (χ1v) is 8.49. The smallest absolute Gasteiger partial charge is 0.336 e. The van der Waals surface area contributed by atoms with Gasteiger partial charge in [-0.05, 0) is 35.9 Å². The molecule has 7 heteroatoms. The van der Waals surface area contributed by atoms with Crippen LogP contribution in [0.15, 0.2) is 69.9 Å². The van der Waals surface area contributed by atoms with Crippen LogP contribution in [0.2, 0.25) is 0 Å². The van der Waals surface area contributed by atoms with Crippen molar-refractivity contribution in [1.29, 1.82) is 0 Å². The van der Waals surface area contributed by atoms with Gasteiger partial charge in [0.15, 0.2) is 5.43 Å². The summed E-state index contributed by atoms with van der Waals surface area (Å²) in [5.41, 5.74) is 2.10. The van der Waals surface area contributed by atoms with E-state index in [9.17, 15) is 19.8 Å². The maximum atomic E-state index is 11.7. The number of phenols is 1. The Morgan fingerprint density at radius 1 is 0.897 bits per heavy atom. The van der Waals surface area contributed by atoms with E-state index >= 15 is 0 Å². The van der Waals surface area contributed by atoms with Gasteiger partial charge in [-0.3, -0.25) is 9.59 Å². The molecule has 0 unspecified atom stereocenters. The van der Waals surface area contributed by atoms with E-state index in [1.54, 1.807) is 30.3 Å². The van der Waals surface area contributed by atoms with Crippen molar-refractivity contribution in [3.63, 3.8) is 0 Å². The molecule has 1 heterocycles. The van der Waals surface area contributed by atoms with Crippen LogP contribution in [0.5, 0.6) is 5.75 Å². The van der Waals surface area contributed by atoms with Gasteiger partial charge in [-0.15, -0.1) is 0 Å². The Morgan fingerprint density at radius 3 is 2.28 bits per heavy atom. The molecule has 0 fully saturated rings. The van der Waals surface area contributed by atoms with Crippen molar-refractivity contribution in [2.24, 2.45) is 0 Å². The monoisotopic (exact) mass is 392 g/mol. The fraction of sp³-hybridized carbons (Fsp3) is 0.0455. The summed E-state index contributed by atoms with van der Waals surface area (Å²) in [6.45, 7) is 1.08. The molecular weight excluding hydrogens is 376 g/mol. The minimum Gasteiger partial charge on any atom is -0.508 e. The summed E-state index contributed by atoms with van der Waals surface area (Å²) in [4.78, 5) is 32.4. The van der Waals surface area contributed by atoms with Crippen molar-refractivity contribution >= 4 is 22.9 Å². The quantitative estimate of drug-likeness (QED) is 0.439. The topological polar surface area (TPSA) is 125 Å². The van der Waals surface area contributed by atoms with Crippen LogP contribution in [0.4, 0.5) is 0 Å². The van der Waals surface area contributed by atoms with Crippen LogP contribution in [0.25, 0.3) is 33.4 Å². The Bertz CT molecular complexity index is 1250. The van der Waals surface area contributed by atoms with E-state index in [1.165, 1.54) is 30.3 Å². The van der Waals surface area contributed by atoms with Crippen molar-refractivity contribution in [3.05, 3.63) is 76.5 Å². The lowest BCUT2D eigenvalue weighted by Crippen LogP contribution is -2.03. The number of carbonyl (C=O) groups is 2. The molecular formula is C22H16O7. The second-order valence-electron chi connectivity index (χ2n) is 6.19. The number of carboxylic acids is 2. The summed E-state index contributed by atoms with van der Waals surface area (Å²) in [6, 6.07) is 15.7. The van der Waals surface area contributed by atoms with Crippen LogP contribution < -0.4 is 5.43 Å². The number of carboxylic acid groups (broad SMARTS) is 2. The third kappa shape index (κ3) is 4.08. The number of aromatic carboxylic acids is 1. The van der Waals surface area contributed by atoms with Gasteiger partial charge in [-0.25, -0.2) is 4.79 Å². The van der Waals surface area contributed by atoms with Gasteiger partial charge in [0.2, 0.25) is 0 Å². The number of hydrogen-bond donors (Lipinski definition) is 3. The summed E-state index contributed by atoms with van der Waals surface area (Å²) >= 11 is 0. The predicted octanol–water partition coefficient (Wildman–Crippen LogP) is 4.06. The number of aromatic hydroxyl groups is 1. The lowest BCUT2D eigenvalue weighted by Gasteiger charge is -2.16. The molecule has 0 bridgehead atoms. The van der Waals surface area contributed by atoms with Crippen LogP contribution in [-0.4, -0.2) is 27.3 Å². The fourth-order valence-corrected chi connectivity index (χ4v) is 3.04. The van der Waals surface area contributed by atoms with Gasteiger partial charge < -0.3 is 19.7 Å². The van der Waals surface area contributed by atoms with Gasteiger partial charge in [0.05, 0.1) is 5.56 Å². The molecule has 1 aliphatic carbocycles. The maximum Gasteiger partial charge on any atom is 0.336 e. The average Bonchev–Trinajstić information content (AvgIpc) is 2.65. The minimum absolute atomic E-state index is 0.0198. The van der Waals surface area contributed by atoms with Crippen molar-refractivity contribution < 1.29 is 29.3 Å². The Kier molecular flexibility index (Phi) is 5.32. The number of rotatable bonds is 2. The molecule has 146 valence electrons. The largest absolute Gasteiger partial charge is 0.508 e. The first-order valence-electron chi connectivity index (χ1n) is 8.49. The molecule has 29 heavy (non-hydrogen) atoms. The SMILES string of the molecule is CC(=O)O.O=C(O)c1ccccc1-c1c2ccc(=O)cc-2oc2cc(O)ccc12. The van der Waals surface area contributed by atoms with Crippen LogP contribution >= 0.6 is 0 Å². The lowest BCUT2D eigenvalue weighted by molar-refractivity contribution is -0.134. The molecule has 0 saturated carbocycles. The first-order chi connectivity index (χ1) is 13.8. The average molecular weight is 392 g/mol. The molecule has 0 radical (unpaired) electrons. The summed E-state index contributed by atoms with van der Waals surface area (Å²) in [6.07, 6.45) is 0. The zero-order valence-electron chi connectivity index (χ0n) is 15.2. The second-order valence-corrected chi connectivity index (χ2v) is 6.19. The highest BCUT2D eigenvalue weighted by atomic mass is 16.4. The molecule has 2 aliphatic rings. The van der Waals surface area contributed by atoms with Crippen LogP contribution in [0, 0.1) is 0 Å². The molecule has 3 N–H and O–H groups in total. The zero-order valence-corrected chi connectivity index (χ0v) is 15.2. The minimum atomic E-state index is -1.04. The van der Waals surface area contributed by atoms with Crippen molar-refractivity contribution in [1.82, 2.24) is 0 Å². The summed E-state index contributed by atoms with van der Waals surface area (Å²) in [7, 11) is 0.